The van der Waals surface area contributed by atoms with Crippen LogP contribution in [0.1, 0.15) is 11.7 Å². The highest BCUT2D eigenvalue weighted by Gasteiger charge is 2.19. The van der Waals surface area contributed by atoms with Crippen molar-refractivity contribution in [3.63, 3.8) is 0 Å². The predicted molar refractivity (Wildman–Crippen MR) is 63.5 cm³/mol. The predicted octanol–water partition coefficient (Wildman–Crippen LogP) is 1.74. The summed E-state index contributed by atoms with van der Waals surface area (Å²) in [5, 5.41) is 22.5. The zero-order valence-electron chi connectivity index (χ0n) is 8.29. The van der Waals surface area contributed by atoms with Gasteiger partial charge in [-0.2, -0.15) is 0 Å². The molecule has 4 N–H and O–H groups in total. The molecule has 0 spiro atoms. The lowest BCUT2D eigenvalue weighted by molar-refractivity contribution is 0.0248. The highest BCUT2D eigenvalue weighted by atomic mass is 79.9. The van der Waals surface area contributed by atoms with E-state index < -0.39 is 12.2 Å². The fourth-order valence-corrected chi connectivity index (χ4v) is 1.61. The van der Waals surface area contributed by atoms with Crippen LogP contribution in [0.15, 0.2) is 27.8 Å². The Hall–Kier alpha value is -1.27. The maximum absolute atomic E-state index is 9.79. The monoisotopic (exact) mass is 286 g/mol. The van der Waals surface area contributed by atoms with Gasteiger partial charge in [0.15, 0.2) is 0 Å². The molecule has 6 nitrogen and oxygen atoms in total. The van der Waals surface area contributed by atoms with Gasteiger partial charge in [-0.3, -0.25) is 0 Å². The van der Waals surface area contributed by atoms with Gasteiger partial charge in [0, 0.05) is 20.6 Å². The number of anilines is 1. The molecule has 0 aliphatic carbocycles. The molecule has 86 valence electrons. The molecule has 0 amide bonds. The standard InChI is InChI=1S/C9H11BrN4O2/c10-5-1-2-7(11)6(3-5)9(16)8(15)4-13-14-12/h1-3,8-9,15-16H,4,11H2. The Bertz CT molecular complexity index is 420. The largest absolute Gasteiger partial charge is 0.398 e. The normalized spacial score (nSPS) is 13.9. The van der Waals surface area contributed by atoms with Crippen LogP contribution >= 0.6 is 15.9 Å². The SMILES string of the molecule is [N-]=[N+]=NCC(O)C(O)c1cc(Br)ccc1N. The number of nitrogens with zero attached hydrogens (tertiary/aromatic N) is 3. The lowest BCUT2D eigenvalue weighted by Gasteiger charge is -2.18. The Morgan fingerprint density at radius 3 is 2.81 bits per heavy atom. The van der Waals surface area contributed by atoms with E-state index >= 15 is 0 Å². The van der Waals surface area contributed by atoms with Gasteiger partial charge in [-0.05, 0) is 23.7 Å². The zero-order chi connectivity index (χ0) is 12.1. The minimum Gasteiger partial charge on any atom is -0.398 e. The first kappa shape index (κ1) is 12.8. The highest BCUT2D eigenvalue weighted by molar-refractivity contribution is 9.10. The fourth-order valence-electron chi connectivity index (χ4n) is 1.23. The molecule has 0 aliphatic heterocycles. The summed E-state index contributed by atoms with van der Waals surface area (Å²) in [4.78, 5) is 2.51. The van der Waals surface area contributed by atoms with E-state index in [1.165, 1.54) is 0 Å². The molecule has 16 heavy (non-hydrogen) atoms. The number of hydrogen-bond donors (Lipinski definition) is 3. The lowest BCUT2D eigenvalue weighted by atomic mass is 10.0. The quantitative estimate of drug-likeness (QED) is 0.339. The average molecular weight is 287 g/mol. The third-order valence-electron chi connectivity index (χ3n) is 2.06. The molecule has 1 aromatic rings. The summed E-state index contributed by atoms with van der Waals surface area (Å²) in [7, 11) is 0. The maximum atomic E-state index is 9.79. The van der Waals surface area contributed by atoms with Crippen molar-refractivity contribution in [2.75, 3.05) is 12.3 Å². The van der Waals surface area contributed by atoms with Crippen LogP contribution in [0, 0.1) is 0 Å². The van der Waals surface area contributed by atoms with Crippen LogP contribution in [0.2, 0.25) is 0 Å². The molecule has 0 radical (unpaired) electrons. The van der Waals surface area contributed by atoms with E-state index in [0.717, 1.165) is 4.47 Å². The highest BCUT2D eigenvalue weighted by Crippen LogP contribution is 2.26. The molecule has 7 heteroatoms. The first-order valence-electron chi connectivity index (χ1n) is 4.48. The molecule has 2 atom stereocenters. The Labute approximate surface area is 100 Å². The van der Waals surface area contributed by atoms with E-state index in [2.05, 4.69) is 26.0 Å². The molecule has 0 aliphatic rings. The van der Waals surface area contributed by atoms with Crippen molar-refractivity contribution in [2.45, 2.75) is 12.2 Å². The molecule has 1 aromatic carbocycles. The van der Waals surface area contributed by atoms with Gasteiger partial charge in [0.05, 0.1) is 12.6 Å². The minimum absolute atomic E-state index is 0.205. The molecular weight excluding hydrogens is 276 g/mol. The van der Waals surface area contributed by atoms with Crippen molar-refractivity contribution in [1.29, 1.82) is 0 Å². The van der Waals surface area contributed by atoms with Crippen LogP contribution in [-0.4, -0.2) is 22.9 Å². The summed E-state index contributed by atoms with van der Waals surface area (Å²) in [5.74, 6) is 0. The van der Waals surface area contributed by atoms with Crippen LogP contribution in [-0.2, 0) is 0 Å². The molecule has 0 bridgehead atoms. The van der Waals surface area contributed by atoms with Crippen LogP contribution in [0.25, 0.3) is 10.4 Å². The van der Waals surface area contributed by atoms with Gasteiger partial charge in [0.25, 0.3) is 0 Å². The van der Waals surface area contributed by atoms with E-state index in [9.17, 15) is 10.2 Å². The number of aliphatic hydroxyl groups is 2. The number of benzene rings is 1. The minimum atomic E-state index is -1.18. The molecule has 0 saturated heterocycles. The van der Waals surface area contributed by atoms with Gasteiger partial charge in [-0.25, -0.2) is 0 Å². The number of rotatable bonds is 4. The smallest absolute Gasteiger partial charge is 0.107 e. The van der Waals surface area contributed by atoms with Gasteiger partial charge in [-0.1, -0.05) is 21.0 Å². The maximum Gasteiger partial charge on any atom is 0.107 e. The van der Waals surface area contributed by atoms with Crippen molar-refractivity contribution in [3.05, 3.63) is 38.7 Å². The van der Waals surface area contributed by atoms with Crippen molar-refractivity contribution < 1.29 is 10.2 Å². The number of hydrogen-bond acceptors (Lipinski definition) is 4. The first-order valence-corrected chi connectivity index (χ1v) is 5.27. The Balaban J connectivity index is 2.90. The second-order valence-electron chi connectivity index (χ2n) is 3.20. The fraction of sp³-hybridized carbons (Fsp3) is 0.333. The number of aliphatic hydroxyl groups excluding tert-OH is 2. The summed E-state index contributed by atoms with van der Waals surface area (Å²) in [6.07, 6.45) is -2.35. The number of nitrogen functional groups attached to an aromatic ring is 1. The van der Waals surface area contributed by atoms with E-state index in [4.69, 9.17) is 11.3 Å². The van der Waals surface area contributed by atoms with E-state index in [-0.39, 0.29) is 6.54 Å². The molecular formula is C9H11BrN4O2. The van der Waals surface area contributed by atoms with Crippen molar-refractivity contribution in [3.8, 4) is 0 Å². The zero-order valence-corrected chi connectivity index (χ0v) is 9.87. The van der Waals surface area contributed by atoms with Crippen LogP contribution in [0.4, 0.5) is 5.69 Å². The van der Waals surface area contributed by atoms with E-state index in [1.807, 2.05) is 0 Å². The summed E-state index contributed by atoms with van der Waals surface area (Å²) in [6.45, 7) is -0.205. The third-order valence-corrected chi connectivity index (χ3v) is 2.56. The van der Waals surface area contributed by atoms with Crippen LogP contribution in [0.5, 0.6) is 0 Å². The number of halogens is 1. The lowest BCUT2D eigenvalue weighted by Crippen LogP contribution is -2.22. The number of azide groups is 1. The van der Waals surface area contributed by atoms with Gasteiger partial charge >= 0.3 is 0 Å². The summed E-state index contributed by atoms with van der Waals surface area (Å²) >= 11 is 3.24. The van der Waals surface area contributed by atoms with Gasteiger partial charge in [0.1, 0.15) is 6.10 Å². The van der Waals surface area contributed by atoms with Gasteiger partial charge < -0.3 is 15.9 Å². The first-order chi connectivity index (χ1) is 7.56. The Morgan fingerprint density at radius 1 is 1.50 bits per heavy atom. The summed E-state index contributed by atoms with van der Waals surface area (Å²) < 4.78 is 0.742. The second-order valence-corrected chi connectivity index (χ2v) is 4.11. The average Bonchev–Trinajstić information content (AvgIpc) is 2.28. The van der Waals surface area contributed by atoms with E-state index in [0.29, 0.717) is 11.3 Å². The van der Waals surface area contributed by atoms with Crippen molar-refractivity contribution >= 4 is 21.6 Å². The van der Waals surface area contributed by atoms with Crippen molar-refractivity contribution in [1.82, 2.24) is 0 Å². The summed E-state index contributed by atoms with van der Waals surface area (Å²) in [6, 6.07) is 4.95. The molecule has 0 aromatic heterocycles. The summed E-state index contributed by atoms with van der Waals surface area (Å²) in [5.41, 5.74) is 14.5. The van der Waals surface area contributed by atoms with E-state index in [1.54, 1.807) is 18.2 Å². The van der Waals surface area contributed by atoms with Crippen LogP contribution < -0.4 is 5.73 Å². The van der Waals surface area contributed by atoms with Gasteiger partial charge in [-0.15, -0.1) is 0 Å². The van der Waals surface area contributed by atoms with Gasteiger partial charge in [0.2, 0.25) is 0 Å². The second kappa shape index (κ2) is 5.72. The molecule has 0 fully saturated rings. The van der Waals surface area contributed by atoms with Crippen LogP contribution in [0.3, 0.4) is 0 Å². The molecule has 0 heterocycles. The third kappa shape index (κ3) is 3.11. The molecule has 2 unspecified atom stereocenters. The Kier molecular flexibility index (Phi) is 4.57. The molecule has 1 rings (SSSR count). The number of nitrogens with two attached hydrogens (primary N) is 1. The van der Waals surface area contributed by atoms with Crippen molar-refractivity contribution in [2.24, 2.45) is 5.11 Å². The molecule has 0 saturated carbocycles. The Morgan fingerprint density at radius 2 is 2.19 bits per heavy atom. The topological polar surface area (TPSA) is 115 Å².